The zero-order valence-electron chi connectivity index (χ0n) is 11.3. The molecule has 6 heteroatoms. The third-order valence-corrected chi connectivity index (χ3v) is 4.15. The molecule has 1 amide bonds. The van der Waals surface area contributed by atoms with Gasteiger partial charge >= 0.3 is 0 Å². The molecule has 0 aromatic heterocycles. The highest BCUT2D eigenvalue weighted by Gasteiger charge is 2.33. The Hall–Kier alpha value is -1.46. The Morgan fingerprint density at radius 1 is 1.35 bits per heavy atom. The molecular formula is C14H17ClN2O3. The molecule has 0 aliphatic carbocycles. The van der Waals surface area contributed by atoms with Gasteiger partial charge in [-0.05, 0) is 24.1 Å². The fourth-order valence-corrected chi connectivity index (χ4v) is 3.11. The third kappa shape index (κ3) is 2.21. The van der Waals surface area contributed by atoms with Gasteiger partial charge in [0, 0.05) is 19.5 Å². The number of fused-ring (bicyclic) bond motifs is 1. The van der Waals surface area contributed by atoms with Gasteiger partial charge in [0.25, 0.3) is 0 Å². The number of likely N-dealkylation sites (N-methyl/N-ethyl adjacent to an activating group) is 1. The fourth-order valence-electron chi connectivity index (χ4n) is 2.84. The molecule has 0 bridgehead atoms. The highest BCUT2D eigenvalue weighted by atomic mass is 35.5. The molecular weight excluding hydrogens is 280 g/mol. The first-order valence-electron chi connectivity index (χ1n) is 6.68. The summed E-state index contributed by atoms with van der Waals surface area (Å²) in [6, 6.07) is 3.41. The van der Waals surface area contributed by atoms with Crippen LogP contribution in [0.1, 0.15) is 24.4 Å². The second-order valence-corrected chi connectivity index (χ2v) is 5.59. The zero-order chi connectivity index (χ0) is 14.3. The summed E-state index contributed by atoms with van der Waals surface area (Å²) < 4.78 is 11.1. The Morgan fingerprint density at radius 2 is 2.10 bits per heavy atom. The van der Waals surface area contributed by atoms with Crippen molar-refractivity contribution in [2.75, 3.05) is 20.3 Å². The van der Waals surface area contributed by atoms with Crippen molar-refractivity contribution >= 4 is 17.5 Å². The Morgan fingerprint density at radius 3 is 2.90 bits per heavy atom. The van der Waals surface area contributed by atoms with Gasteiger partial charge in [-0.15, -0.1) is 0 Å². The summed E-state index contributed by atoms with van der Waals surface area (Å²) in [5, 5.41) is 0.496. The average molecular weight is 297 g/mol. The number of likely N-dealkylation sites (tertiary alicyclic amines) is 1. The van der Waals surface area contributed by atoms with E-state index in [1.807, 2.05) is 12.1 Å². The van der Waals surface area contributed by atoms with Crippen LogP contribution >= 0.6 is 11.6 Å². The Labute approximate surface area is 122 Å². The number of carbonyl (C=O) groups is 1. The summed E-state index contributed by atoms with van der Waals surface area (Å²) in [5.74, 6) is 1.29. The first-order valence-corrected chi connectivity index (χ1v) is 7.06. The van der Waals surface area contributed by atoms with Gasteiger partial charge in [0.15, 0.2) is 11.5 Å². The van der Waals surface area contributed by atoms with Gasteiger partial charge in [-0.3, -0.25) is 4.79 Å². The van der Waals surface area contributed by atoms with Crippen molar-refractivity contribution in [2.24, 2.45) is 5.73 Å². The maximum atomic E-state index is 11.9. The van der Waals surface area contributed by atoms with Gasteiger partial charge in [-0.25, -0.2) is 0 Å². The van der Waals surface area contributed by atoms with Gasteiger partial charge in [0.2, 0.25) is 5.91 Å². The van der Waals surface area contributed by atoms with Crippen LogP contribution in [0.25, 0.3) is 0 Å². The molecule has 1 fully saturated rings. The summed E-state index contributed by atoms with van der Waals surface area (Å²) in [7, 11) is 1.77. The molecule has 0 saturated carbocycles. The fraction of sp³-hybridized carbons (Fsp3) is 0.500. The molecule has 20 heavy (non-hydrogen) atoms. The number of piperidine rings is 1. The molecule has 3 rings (SSSR count). The van der Waals surface area contributed by atoms with E-state index in [0.29, 0.717) is 42.6 Å². The Balaban J connectivity index is 2.00. The van der Waals surface area contributed by atoms with E-state index in [0.717, 1.165) is 5.56 Å². The Bertz CT molecular complexity index is 549. The van der Waals surface area contributed by atoms with Crippen LogP contribution in [0.5, 0.6) is 11.5 Å². The molecule has 0 spiro atoms. The van der Waals surface area contributed by atoms with Crippen molar-refractivity contribution < 1.29 is 14.3 Å². The first-order chi connectivity index (χ1) is 9.58. The summed E-state index contributed by atoms with van der Waals surface area (Å²) in [6.45, 7) is 0.992. The highest BCUT2D eigenvalue weighted by molar-refractivity contribution is 6.32. The SMILES string of the molecule is CN1C(=O)CCC(N)C1c1cc(Cl)c2c(c1)OCCO2. The molecule has 5 nitrogen and oxygen atoms in total. The van der Waals surface area contributed by atoms with E-state index < -0.39 is 0 Å². The largest absolute Gasteiger partial charge is 0.486 e. The van der Waals surface area contributed by atoms with Crippen molar-refractivity contribution in [3.8, 4) is 11.5 Å². The van der Waals surface area contributed by atoms with Crippen molar-refractivity contribution in [1.82, 2.24) is 4.90 Å². The summed E-state index contributed by atoms with van der Waals surface area (Å²) in [4.78, 5) is 13.6. The number of ether oxygens (including phenoxy) is 2. The lowest BCUT2D eigenvalue weighted by atomic mass is 9.91. The number of amides is 1. The smallest absolute Gasteiger partial charge is 0.222 e. The second kappa shape index (κ2) is 5.14. The normalized spacial score (nSPS) is 25.8. The van der Waals surface area contributed by atoms with Gasteiger partial charge in [0.1, 0.15) is 13.2 Å². The minimum absolute atomic E-state index is 0.0997. The van der Waals surface area contributed by atoms with Crippen molar-refractivity contribution in [2.45, 2.75) is 24.9 Å². The van der Waals surface area contributed by atoms with Gasteiger partial charge in [-0.2, -0.15) is 0 Å². The number of nitrogens with two attached hydrogens (primary N) is 1. The molecule has 0 radical (unpaired) electrons. The number of carbonyl (C=O) groups excluding carboxylic acids is 1. The number of hydrogen-bond donors (Lipinski definition) is 1. The van der Waals surface area contributed by atoms with Gasteiger partial charge < -0.3 is 20.1 Å². The molecule has 2 aliphatic heterocycles. The molecule has 2 aliphatic rings. The van der Waals surface area contributed by atoms with Crippen LogP contribution in [0.4, 0.5) is 0 Å². The predicted octanol–water partition coefficient (Wildman–Crippen LogP) is 1.73. The first kappa shape index (κ1) is 13.5. The van der Waals surface area contributed by atoms with Crippen molar-refractivity contribution in [3.05, 3.63) is 22.7 Å². The average Bonchev–Trinajstić information content (AvgIpc) is 2.44. The van der Waals surface area contributed by atoms with Crippen molar-refractivity contribution in [1.29, 1.82) is 0 Å². The van der Waals surface area contributed by atoms with E-state index in [1.165, 1.54) is 0 Å². The Kier molecular flexibility index (Phi) is 3.48. The number of benzene rings is 1. The molecule has 2 unspecified atom stereocenters. The number of rotatable bonds is 1. The van der Waals surface area contributed by atoms with Crippen LogP contribution in [-0.4, -0.2) is 37.1 Å². The topological polar surface area (TPSA) is 64.8 Å². The summed E-state index contributed by atoms with van der Waals surface area (Å²) in [6.07, 6.45) is 1.17. The van der Waals surface area contributed by atoms with E-state index in [4.69, 9.17) is 26.8 Å². The quantitative estimate of drug-likeness (QED) is 0.857. The summed E-state index contributed by atoms with van der Waals surface area (Å²) >= 11 is 6.25. The standard InChI is InChI=1S/C14H17ClN2O3/c1-17-12(18)3-2-10(16)13(17)8-6-9(15)14-11(7-8)19-4-5-20-14/h6-7,10,13H,2-5,16H2,1H3. The lowest BCUT2D eigenvalue weighted by molar-refractivity contribution is -0.135. The monoisotopic (exact) mass is 296 g/mol. The lowest BCUT2D eigenvalue weighted by Crippen LogP contribution is -2.46. The van der Waals surface area contributed by atoms with Gasteiger partial charge in [0.05, 0.1) is 11.1 Å². The molecule has 1 aromatic carbocycles. The zero-order valence-corrected chi connectivity index (χ0v) is 12.0. The van der Waals surface area contributed by atoms with Crippen molar-refractivity contribution in [3.63, 3.8) is 0 Å². The number of nitrogens with zero attached hydrogens (tertiary/aromatic N) is 1. The van der Waals surface area contributed by atoms with Gasteiger partial charge in [-0.1, -0.05) is 11.6 Å². The van der Waals surface area contributed by atoms with E-state index >= 15 is 0 Å². The third-order valence-electron chi connectivity index (χ3n) is 3.87. The van der Waals surface area contributed by atoms with Crippen LogP contribution in [0.2, 0.25) is 5.02 Å². The second-order valence-electron chi connectivity index (χ2n) is 5.18. The van der Waals surface area contributed by atoms with Crippen LogP contribution in [-0.2, 0) is 4.79 Å². The van der Waals surface area contributed by atoms with Crippen LogP contribution in [0.3, 0.4) is 0 Å². The molecule has 1 aromatic rings. The molecule has 2 heterocycles. The van der Waals surface area contributed by atoms with E-state index in [-0.39, 0.29) is 18.0 Å². The van der Waals surface area contributed by atoms with E-state index in [1.54, 1.807) is 11.9 Å². The van der Waals surface area contributed by atoms with E-state index in [9.17, 15) is 4.79 Å². The van der Waals surface area contributed by atoms with Crippen LogP contribution < -0.4 is 15.2 Å². The lowest BCUT2D eigenvalue weighted by Gasteiger charge is -2.38. The highest BCUT2D eigenvalue weighted by Crippen LogP contribution is 2.41. The predicted molar refractivity (Wildman–Crippen MR) is 75.2 cm³/mol. The molecule has 108 valence electrons. The molecule has 2 N–H and O–H groups in total. The molecule has 1 saturated heterocycles. The maximum absolute atomic E-state index is 11.9. The minimum Gasteiger partial charge on any atom is -0.486 e. The van der Waals surface area contributed by atoms with Crippen LogP contribution in [0.15, 0.2) is 12.1 Å². The molecule has 2 atom stereocenters. The maximum Gasteiger partial charge on any atom is 0.222 e. The van der Waals surface area contributed by atoms with Crippen LogP contribution in [0, 0.1) is 0 Å². The minimum atomic E-state index is -0.176. The number of hydrogen-bond acceptors (Lipinski definition) is 4. The number of halogens is 1. The summed E-state index contributed by atoms with van der Waals surface area (Å²) in [5.41, 5.74) is 7.07. The van der Waals surface area contributed by atoms with E-state index in [2.05, 4.69) is 0 Å².